The molecule has 20 heavy (non-hydrogen) atoms. The maximum atomic E-state index is 12.1. The van der Waals surface area contributed by atoms with Gasteiger partial charge in [0.15, 0.2) is 0 Å². The van der Waals surface area contributed by atoms with Crippen LogP contribution in [0.5, 0.6) is 0 Å². The number of H-pyrrole nitrogens is 1. The molecule has 6 heteroatoms. The summed E-state index contributed by atoms with van der Waals surface area (Å²) in [5, 5.41) is 16.8. The van der Waals surface area contributed by atoms with Crippen molar-refractivity contribution in [3.8, 4) is 11.4 Å². The summed E-state index contributed by atoms with van der Waals surface area (Å²) in [6.45, 7) is 0. The average molecular weight is 271 g/mol. The van der Waals surface area contributed by atoms with Crippen molar-refractivity contribution in [2.75, 3.05) is 5.32 Å². The smallest absolute Gasteiger partial charge is 0.227 e. The third-order valence-electron chi connectivity index (χ3n) is 3.73. The Balaban J connectivity index is 1.64. The van der Waals surface area contributed by atoms with Gasteiger partial charge in [0.1, 0.15) is 0 Å². The molecule has 3 rings (SSSR count). The van der Waals surface area contributed by atoms with E-state index in [0.717, 1.165) is 36.9 Å². The molecule has 1 aromatic carbocycles. The van der Waals surface area contributed by atoms with E-state index in [0.29, 0.717) is 5.82 Å². The lowest BCUT2D eigenvalue weighted by Crippen LogP contribution is -2.24. The van der Waals surface area contributed by atoms with Crippen molar-refractivity contribution in [2.45, 2.75) is 32.1 Å². The van der Waals surface area contributed by atoms with Crippen molar-refractivity contribution in [2.24, 2.45) is 5.92 Å². The minimum absolute atomic E-state index is 0.136. The summed E-state index contributed by atoms with van der Waals surface area (Å²) < 4.78 is 0. The van der Waals surface area contributed by atoms with Gasteiger partial charge in [-0.2, -0.15) is 5.21 Å². The van der Waals surface area contributed by atoms with Crippen LogP contribution in [0.15, 0.2) is 24.3 Å². The minimum atomic E-state index is 0.136. The number of nitrogens with one attached hydrogen (secondary N) is 2. The van der Waals surface area contributed by atoms with E-state index in [1.165, 1.54) is 6.42 Å². The van der Waals surface area contributed by atoms with E-state index in [-0.39, 0.29) is 11.8 Å². The highest BCUT2D eigenvalue weighted by Gasteiger charge is 2.20. The van der Waals surface area contributed by atoms with Crippen LogP contribution in [0.1, 0.15) is 32.1 Å². The van der Waals surface area contributed by atoms with Gasteiger partial charge in [-0.25, -0.2) is 0 Å². The van der Waals surface area contributed by atoms with Gasteiger partial charge in [-0.05, 0) is 42.3 Å². The normalized spacial score (nSPS) is 16.0. The number of benzene rings is 1. The van der Waals surface area contributed by atoms with Crippen LogP contribution in [-0.4, -0.2) is 26.5 Å². The van der Waals surface area contributed by atoms with E-state index in [9.17, 15) is 4.79 Å². The number of tetrazole rings is 1. The van der Waals surface area contributed by atoms with E-state index in [4.69, 9.17) is 0 Å². The van der Waals surface area contributed by atoms with E-state index >= 15 is 0 Å². The third-order valence-corrected chi connectivity index (χ3v) is 3.73. The summed E-state index contributed by atoms with van der Waals surface area (Å²) >= 11 is 0. The van der Waals surface area contributed by atoms with E-state index in [1.807, 2.05) is 24.3 Å². The number of aromatic amines is 1. The van der Waals surface area contributed by atoms with Crippen molar-refractivity contribution in [3.63, 3.8) is 0 Å². The molecule has 104 valence electrons. The first kappa shape index (κ1) is 12.8. The number of anilines is 1. The molecule has 0 aliphatic heterocycles. The second-order valence-corrected chi connectivity index (χ2v) is 5.14. The number of carbonyl (C=O) groups is 1. The molecule has 0 bridgehead atoms. The zero-order valence-electron chi connectivity index (χ0n) is 11.2. The molecule has 1 amide bonds. The average Bonchev–Trinajstić information content (AvgIpc) is 3.03. The van der Waals surface area contributed by atoms with E-state index < -0.39 is 0 Å². The van der Waals surface area contributed by atoms with Crippen molar-refractivity contribution in [3.05, 3.63) is 24.3 Å². The Labute approximate surface area is 117 Å². The lowest BCUT2D eigenvalue weighted by molar-refractivity contribution is -0.120. The molecule has 0 atom stereocenters. The first-order chi connectivity index (χ1) is 9.83. The summed E-state index contributed by atoms with van der Waals surface area (Å²) in [6, 6.07) is 7.49. The molecular weight excluding hydrogens is 254 g/mol. The highest BCUT2D eigenvalue weighted by atomic mass is 16.1. The van der Waals surface area contributed by atoms with Gasteiger partial charge < -0.3 is 5.32 Å². The first-order valence-corrected chi connectivity index (χ1v) is 6.98. The summed E-state index contributed by atoms with van der Waals surface area (Å²) in [5.74, 6) is 0.854. The predicted octanol–water partition coefficient (Wildman–Crippen LogP) is 2.39. The van der Waals surface area contributed by atoms with Gasteiger partial charge in [-0.3, -0.25) is 4.79 Å². The van der Waals surface area contributed by atoms with Gasteiger partial charge in [-0.15, -0.1) is 10.2 Å². The van der Waals surface area contributed by atoms with Gasteiger partial charge in [0, 0.05) is 17.2 Å². The van der Waals surface area contributed by atoms with Crippen molar-refractivity contribution < 1.29 is 4.79 Å². The van der Waals surface area contributed by atoms with Crippen LogP contribution < -0.4 is 5.32 Å². The van der Waals surface area contributed by atoms with Crippen LogP contribution in [0.2, 0.25) is 0 Å². The Morgan fingerprint density at radius 1 is 1.15 bits per heavy atom. The van der Waals surface area contributed by atoms with Crippen LogP contribution >= 0.6 is 0 Å². The Morgan fingerprint density at radius 3 is 2.55 bits per heavy atom. The fraction of sp³-hybridized carbons (Fsp3) is 0.429. The molecule has 0 radical (unpaired) electrons. The molecule has 0 spiro atoms. The molecule has 2 N–H and O–H groups in total. The van der Waals surface area contributed by atoms with E-state index in [2.05, 4.69) is 25.9 Å². The maximum Gasteiger partial charge on any atom is 0.227 e. The van der Waals surface area contributed by atoms with Gasteiger partial charge in [0.05, 0.1) is 0 Å². The number of aromatic nitrogens is 4. The molecule has 2 aromatic rings. The lowest BCUT2D eigenvalue weighted by Gasteiger charge is -2.20. The topological polar surface area (TPSA) is 83.6 Å². The molecule has 1 fully saturated rings. The Morgan fingerprint density at radius 2 is 1.90 bits per heavy atom. The van der Waals surface area contributed by atoms with Gasteiger partial charge in [0.2, 0.25) is 11.7 Å². The molecule has 1 saturated carbocycles. The fourth-order valence-corrected chi connectivity index (χ4v) is 2.60. The van der Waals surface area contributed by atoms with Crippen LogP contribution in [0.4, 0.5) is 5.69 Å². The molecule has 1 aliphatic carbocycles. The number of carbonyl (C=O) groups excluding carboxylic acids is 1. The third kappa shape index (κ3) is 2.84. The molecule has 1 aromatic heterocycles. The van der Waals surface area contributed by atoms with Crippen LogP contribution in [-0.2, 0) is 4.79 Å². The zero-order valence-corrected chi connectivity index (χ0v) is 11.2. The number of nitrogens with zero attached hydrogens (tertiary/aromatic N) is 3. The van der Waals surface area contributed by atoms with Crippen molar-refractivity contribution >= 4 is 11.6 Å². The van der Waals surface area contributed by atoms with Crippen LogP contribution in [0, 0.1) is 5.92 Å². The van der Waals surface area contributed by atoms with Crippen molar-refractivity contribution in [1.29, 1.82) is 0 Å². The Hall–Kier alpha value is -2.24. The largest absolute Gasteiger partial charge is 0.326 e. The number of amides is 1. The van der Waals surface area contributed by atoms with E-state index in [1.54, 1.807) is 0 Å². The van der Waals surface area contributed by atoms with Gasteiger partial charge >= 0.3 is 0 Å². The number of hydrogen-bond donors (Lipinski definition) is 2. The summed E-state index contributed by atoms with van der Waals surface area (Å²) in [5.41, 5.74) is 1.68. The second kappa shape index (κ2) is 5.81. The highest BCUT2D eigenvalue weighted by Crippen LogP contribution is 2.25. The molecule has 0 unspecified atom stereocenters. The number of rotatable bonds is 3. The second-order valence-electron chi connectivity index (χ2n) is 5.14. The summed E-state index contributed by atoms with van der Waals surface area (Å²) in [4.78, 5) is 12.1. The molecular formula is C14H17N5O. The fourth-order valence-electron chi connectivity index (χ4n) is 2.60. The predicted molar refractivity (Wildman–Crippen MR) is 74.8 cm³/mol. The molecule has 6 nitrogen and oxygen atoms in total. The lowest BCUT2D eigenvalue weighted by atomic mass is 9.88. The molecule has 1 heterocycles. The molecule has 1 aliphatic rings. The molecule has 0 saturated heterocycles. The number of hydrogen-bond acceptors (Lipinski definition) is 4. The summed E-state index contributed by atoms with van der Waals surface area (Å²) in [7, 11) is 0. The van der Waals surface area contributed by atoms with Gasteiger partial charge in [-0.1, -0.05) is 19.3 Å². The highest BCUT2D eigenvalue weighted by molar-refractivity contribution is 5.92. The quantitative estimate of drug-likeness (QED) is 0.897. The van der Waals surface area contributed by atoms with Crippen LogP contribution in [0.3, 0.4) is 0 Å². The SMILES string of the molecule is O=C(Nc1ccc(-c2nn[nH]n2)cc1)C1CCCCC1. The minimum Gasteiger partial charge on any atom is -0.326 e. The van der Waals surface area contributed by atoms with Gasteiger partial charge in [0.25, 0.3) is 0 Å². The summed E-state index contributed by atoms with van der Waals surface area (Å²) in [6.07, 6.45) is 5.59. The zero-order chi connectivity index (χ0) is 13.8. The Kier molecular flexibility index (Phi) is 3.71. The standard InChI is InChI=1S/C14H17N5O/c20-14(11-4-2-1-3-5-11)15-12-8-6-10(7-9-12)13-16-18-19-17-13/h6-9,11H,1-5H2,(H,15,20)(H,16,17,18,19). The Bertz CT molecular complexity index is 558. The van der Waals surface area contributed by atoms with Crippen molar-refractivity contribution in [1.82, 2.24) is 20.6 Å². The van der Waals surface area contributed by atoms with Crippen LogP contribution in [0.25, 0.3) is 11.4 Å². The maximum absolute atomic E-state index is 12.1. The first-order valence-electron chi connectivity index (χ1n) is 6.98. The monoisotopic (exact) mass is 271 g/mol.